The number of methoxy groups -OCH3 is 1. The molecule has 0 spiro atoms. The van der Waals surface area contributed by atoms with Gasteiger partial charge < -0.3 is 19.0 Å². The number of nitrogens with one attached hydrogen (secondary N) is 1. The van der Waals surface area contributed by atoms with Crippen LogP contribution in [0.1, 0.15) is 26.7 Å². The molecule has 7 nitrogen and oxygen atoms in total. The van der Waals surface area contributed by atoms with Crippen LogP contribution in [0.4, 0.5) is 39.5 Å². The van der Waals surface area contributed by atoms with Crippen LogP contribution < -0.4 is 14.2 Å². The smallest absolute Gasteiger partial charge is 0.460 e. The summed E-state index contributed by atoms with van der Waals surface area (Å²) in [5.74, 6) is -16.0. The standard InChI is InChI=1S/C23H24F9NO6S/c1-19(2,13-37-3)33-18(34)5-4-10-38-16-8-6-14-7-9-17(12-15(14)11-16)39-40(35,36)23(31,32)21(26,27)20(24,25)22(28,29)30/h6-9,11-12H,4-5,10,13H2,1-3H3,(H,33,34). The first-order valence-corrected chi connectivity index (χ1v) is 12.6. The second kappa shape index (κ2) is 11.5. The molecule has 0 aliphatic carbocycles. The van der Waals surface area contributed by atoms with E-state index in [2.05, 4.69) is 9.50 Å². The van der Waals surface area contributed by atoms with Crippen molar-refractivity contribution in [1.29, 1.82) is 0 Å². The first-order valence-electron chi connectivity index (χ1n) is 11.2. The Morgan fingerprint density at radius 1 is 0.850 bits per heavy atom. The second-order valence-corrected chi connectivity index (χ2v) is 10.8. The van der Waals surface area contributed by atoms with E-state index in [0.29, 0.717) is 11.5 Å². The zero-order chi connectivity index (χ0) is 30.8. The zero-order valence-corrected chi connectivity index (χ0v) is 21.9. The van der Waals surface area contributed by atoms with Crippen molar-refractivity contribution in [2.75, 3.05) is 20.3 Å². The largest absolute Gasteiger partial charge is 0.494 e. The van der Waals surface area contributed by atoms with Crippen molar-refractivity contribution in [2.24, 2.45) is 0 Å². The van der Waals surface area contributed by atoms with Crippen LogP contribution in [0.3, 0.4) is 0 Å². The number of benzene rings is 2. The van der Waals surface area contributed by atoms with E-state index in [4.69, 9.17) is 9.47 Å². The predicted octanol–water partition coefficient (Wildman–Crippen LogP) is 5.67. The summed E-state index contributed by atoms with van der Waals surface area (Å²) in [6.45, 7) is 3.82. The van der Waals surface area contributed by atoms with Crippen molar-refractivity contribution in [3.8, 4) is 11.5 Å². The van der Waals surface area contributed by atoms with Crippen molar-refractivity contribution >= 4 is 26.8 Å². The molecule has 0 saturated heterocycles. The number of ether oxygens (including phenoxy) is 2. The topological polar surface area (TPSA) is 90.9 Å². The van der Waals surface area contributed by atoms with E-state index in [-0.39, 0.29) is 43.1 Å². The van der Waals surface area contributed by atoms with Crippen molar-refractivity contribution in [1.82, 2.24) is 5.32 Å². The molecule has 2 aromatic rings. The molecular formula is C23H24F9NO6S. The molecule has 0 fully saturated rings. The maximum Gasteiger partial charge on any atom is 0.460 e. The Labute approximate surface area is 222 Å². The molecule has 17 heteroatoms. The molecule has 0 radical (unpaired) electrons. The average molecular weight is 613 g/mol. The minimum atomic E-state index is -7.41. The number of hydrogen-bond acceptors (Lipinski definition) is 6. The highest BCUT2D eigenvalue weighted by atomic mass is 32.2. The molecule has 1 N–H and O–H groups in total. The lowest BCUT2D eigenvalue weighted by Crippen LogP contribution is -2.63. The molecule has 0 saturated carbocycles. The lowest BCUT2D eigenvalue weighted by atomic mass is 10.1. The van der Waals surface area contributed by atoms with E-state index >= 15 is 0 Å². The summed E-state index contributed by atoms with van der Waals surface area (Å²) in [5.41, 5.74) is -0.600. The van der Waals surface area contributed by atoms with Crippen LogP contribution in [0, 0.1) is 0 Å². The Bertz CT molecular complexity index is 1310. The quantitative estimate of drug-likeness (QED) is 0.178. The van der Waals surface area contributed by atoms with Gasteiger partial charge in [-0.05, 0) is 55.3 Å². The molecule has 226 valence electrons. The Kier molecular flexibility index (Phi) is 9.56. The monoisotopic (exact) mass is 613 g/mol. The number of carbonyl (C=O) groups is 1. The SMILES string of the molecule is COCC(C)(C)NC(=O)CCCOc1ccc2ccc(OS(=O)(=O)C(F)(F)C(F)(F)C(F)(F)C(F)(F)F)cc2c1. The molecular weight excluding hydrogens is 589 g/mol. The van der Waals surface area contributed by atoms with Gasteiger partial charge in [-0.1, -0.05) is 12.1 Å². The van der Waals surface area contributed by atoms with E-state index in [9.17, 15) is 52.7 Å². The summed E-state index contributed by atoms with van der Waals surface area (Å²) < 4.78 is 156. The van der Waals surface area contributed by atoms with Gasteiger partial charge in [0.15, 0.2) is 0 Å². The van der Waals surface area contributed by atoms with E-state index < -0.39 is 44.7 Å². The number of carbonyl (C=O) groups excluding carboxylic acids is 1. The molecule has 0 bridgehead atoms. The first-order chi connectivity index (χ1) is 18.1. The third kappa shape index (κ3) is 7.03. The number of rotatable bonds is 13. The van der Waals surface area contributed by atoms with E-state index in [1.54, 1.807) is 13.8 Å². The van der Waals surface area contributed by atoms with E-state index in [1.165, 1.54) is 25.3 Å². The second-order valence-electron chi connectivity index (χ2n) is 9.19. The van der Waals surface area contributed by atoms with Gasteiger partial charge in [-0.2, -0.15) is 47.9 Å². The Morgan fingerprint density at radius 2 is 1.40 bits per heavy atom. The fourth-order valence-corrected chi connectivity index (χ4v) is 4.20. The van der Waals surface area contributed by atoms with Gasteiger partial charge in [0.05, 0.1) is 18.8 Å². The predicted molar refractivity (Wildman–Crippen MR) is 123 cm³/mol. The third-order valence-electron chi connectivity index (χ3n) is 5.22. The van der Waals surface area contributed by atoms with Gasteiger partial charge in [-0.25, -0.2) is 0 Å². The number of fused-ring (bicyclic) bond motifs is 1. The van der Waals surface area contributed by atoms with Gasteiger partial charge in [0.2, 0.25) is 5.91 Å². The highest BCUT2D eigenvalue weighted by molar-refractivity contribution is 7.88. The van der Waals surface area contributed by atoms with E-state index in [1.807, 2.05) is 0 Å². The summed E-state index contributed by atoms with van der Waals surface area (Å²) in [5, 5.41) is -3.85. The summed E-state index contributed by atoms with van der Waals surface area (Å²) >= 11 is 0. The molecule has 1 amide bonds. The van der Waals surface area contributed by atoms with Crippen LogP contribution in [0.2, 0.25) is 0 Å². The average Bonchev–Trinajstić information content (AvgIpc) is 2.79. The van der Waals surface area contributed by atoms with Crippen molar-refractivity contribution in [3.63, 3.8) is 0 Å². The van der Waals surface area contributed by atoms with Gasteiger partial charge in [0, 0.05) is 13.5 Å². The Hall–Kier alpha value is -2.95. The maximum atomic E-state index is 13.9. The molecule has 2 rings (SSSR count). The van der Waals surface area contributed by atoms with Crippen molar-refractivity contribution < 1.29 is 66.4 Å². The minimum Gasteiger partial charge on any atom is -0.494 e. The van der Waals surface area contributed by atoms with Gasteiger partial charge in [-0.3, -0.25) is 4.79 Å². The normalized spacial score (nSPS) is 13.8. The fraction of sp³-hybridized carbons (Fsp3) is 0.522. The summed E-state index contributed by atoms with van der Waals surface area (Å²) in [6, 6.07) is 6.64. The highest BCUT2D eigenvalue weighted by Gasteiger charge is 2.86. The minimum absolute atomic E-state index is 0.0307. The van der Waals surface area contributed by atoms with Gasteiger partial charge in [-0.15, -0.1) is 0 Å². The summed E-state index contributed by atoms with van der Waals surface area (Å²) in [7, 11) is -5.60. The van der Waals surface area contributed by atoms with Crippen LogP contribution in [0.5, 0.6) is 11.5 Å². The molecule has 0 unspecified atom stereocenters. The molecule has 2 aromatic carbocycles. The van der Waals surface area contributed by atoms with Gasteiger partial charge in [0.1, 0.15) is 11.5 Å². The van der Waals surface area contributed by atoms with Crippen LogP contribution in [0.25, 0.3) is 10.8 Å². The highest BCUT2D eigenvalue weighted by Crippen LogP contribution is 2.55. The first kappa shape index (κ1) is 33.3. The number of alkyl halides is 9. The van der Waals surface area contributed by atoms with Crippen molar-refractivity contribution in [3.05, 3.63) is 36.4 Å². The van der Waals surface area contributed by atoms with Gasteiger partial charge >= 0.3 is 33.4 Å². The van der Waals surface area contributed by atoms with Crippen molar-refractivity contribution in [2.45, 2.75) is 55.5 Å². The number of halogens is 9. The maximum absolute atomic E-state index is 13.9. The molecule has 0 heterocycles. The Balaban J connectivity index is 2.15. The van der Waals surface area contributed by atoms with E-state index in [0.717, 1.165) is 12.1 Å². The molecule has 0 aliphatic rings. The molecule has 40 heavy (non-hydrogen) atoms. The number of hydrogen-bond donors (Lipinski definition) is 1. The summed E-state index contributed by atoms with van der Waals surface area (Å²) in [6.07, 6.45) is -6.85. The van der Waals surface area contributed by atoms with Crippen LogP contribution in [-0.2, 0) is 19.6 Å². The lowest BCUT2D eigenvalue weighted by Gasteiger charge is -2.32. The van der Waals surface area contributed by atoms with Crippen LogP contribution >= 0.6 is 0 Å². The summed E-state index contributed by atoms with van der Waals surface area (Å²) in [4.78, 5) is 12.0. The fourth-order valence-electron chi connectivity index (χ4n) is 3.30. The van der Waals surface area contributed by atoms with Crippen LogP contribution in [0.15, 0.2) is 36.4 Å². The lowest BCUT2D eigenvalue weighted by molar-refractivity contribution is -0.382. The van der Waals surface area contributed by atoms with Gasteiger partial charge in [0.25, 0.3) is 0 Å². The third-order valence-corrected chi connectivity index (χ3v) is 6.52. The Morgan fingerprint density at radius 3 is 1.95 bits per heavy atom. The molecule has 0 atom stereocenters. The number of amides is 1. The van der Waals surface area contributed by atoms with Crippen LogP contribution in [-0.4, -0.2) is 63.5 Å². The molecule has 0 aliphatic heterocycles. The zero-order valence-electron chi connectivity index (χ0n) is 21.1. The molecule has 0 aromatic heterocycles.